The molecule has 0 nitrogen and oxygen atoms in total. The molecule has 0 amide bonds. The van der Waals surface area contributed by atoms with Gasteiger partial charge in [0, 0.05) is 11.3 Å². The SMILES string of the molecule is CC(C)(c1cccc2c1C=CC2)C1C=CC=C1. The van der Waals surface area contributed by atoms with Crippen molar-refractivity contribution < 1.29 is 0 Å². The Hall–Kier alpha value is -1.56. The van der Waals surface area contributed by atoms with Crippen molar-refractivity contribution in [3.8, 4) is 0 Å². The summed E-state index contributed by atoms with van der Waals surface area (Å²) in [6.07, 6.45) is 14.6. The van der Waals surface area contributed by atoms with E-state index in [1.165, 1.54) is 16.7 Å². The van der Waals surface area contributed by atoms with Gasteiger partial charge in [-0.05, 0) is 23.1 Å². The molecule has 17 heavy (non-hydrogen) atoms. The Morgan fingerprint density at radius 2 is 1.88 bits per heavy atom. The lowest BCUT2D eigenvalue weighted by molar-refractivity contribution is 0.447. The number of benzene rings is 1. The summed E-state index contributed by atoms with van der Waals surface area (Å²) in [6, 6.07) is 6.73. The maximum Gasteiger partial charge on any atom is 0.00447 e. The molecular formula is C17H18. The van der Waals surface area contributed by atoms with E-state index in [0.29, 0.717) is 5.92 Å². The number of allylic oxidation sites excluding steroid dienone is 5. The highest BCUT2D eigenvalue weighted by Crippen LogP contribution is 2.39. The van der Waals surface area contributed by atoms with Crippen molar-refractivity contribution in [3.63, 3.8) is 0 Å². The van der Waals surface area contributed by atoms with E-state index in [2.05, 4.69) is 68.5 Å². The van der Waals surface area contributed by atoms with Gasteiger partial charge in [0.25, 0.3) is 0 Å². The lowest BCUT2D eigenvalue weighted by atomic mass is 9.72. The van der Waals surface area contributed by atoms with Crippen molar-refractivity contribution in [1.82, 2.24) is 0 Å². The standard InChI is InChI=1S/C17H18/c1-17(2,14-9-3-4-10-14)16-12-6-8-13-7-5-11-15(13)16/h3-6,8-12,14H,7H2,1-2H3. The summed E-state index contributed by atoms with van der Waals surface area (Å²) in [5, 5.41) is 0. The molecule has 0 spiro atoms. The van der Waals surface area contributed by atoms with Crippen molar-refractivity contribution in [2.45, 2.75) is 25.7 Å². The van der Waals surface area contributed by atoms with Gasteiger partial charge in [-0.25, -0.2) is 0 Å². The molecule has 0 saturated heterocycles. The topological polar surface area (TPSA) is 0 Å². The fraction of sp³-hybridized carbons (Fsp3) is 0.294. The minimum absolute atomic E-state index is 0.170. The van der Waals surface area contributed by atoms with Gasteiger partial charge in [-0.3, -0.25) is 0 Å². The molecule has 1 aromatic rings. The largest absolute Gasteiger partial charge is 0.0795 e. The molecule has 0 heterocycles. The van der Waals surface area contributed by atoms with Crippen LogP contribution in [0.3, 0.4) is 0 Å². The highest BCUT2D eigenvalue weighted by molar-refractivity contribution is 5.65. The van der Waals surface area contributed by atoms with E-state index in [9.17, 15) is 0 Å². The van der Waals surface area contributed by atoms with E-state index in [4.69, 9.17) is 0 Å². The average molecular weight is 222 g/mol. The van der Waals surface area contributed by atoms with Crippen LogP contribution in [0.5, 0.6) is 0 Å². The van der Waals surface area contributed by atoms with Gasteiger partial charge >= 0.3 is 0 Å². The van der Waals surface area contributed by atoms with E-state index in [0.717, 1.165) is 6.42 Å². The summed E-state index contributed by atoms with van der Waals surface area (Å²) >= 11 is 0. The van der Waals surface area contributed by atoms with Gasteiger partial charge in [0.2, 0.25) is 0 Å². The highest BCUT2D eigenvalue weighted by Gasteiger charge is 2.31. The maximum atomic E-state index is 2.35. The van der Waals surface area contributed by atoms with Crippen LogP contribution in [0.25, 0.3) is 6.08 Å². The van der Waals surface area contributed by atoms with Crippen LogP contribution in [-0.4, -0.2) is 0 Å². The van der Waals surface area contributed by atoms with Crippen molar-refractivity contribution in [2.75, 3.05) is 0 Å². The molecule has 0 unspecified atom stereocenters. The van der Waals surface area contributed by atoms with Gasteiger partial charge in [-0.1, -0.05) is 68.5 Å². The van der Waals surface area contributed by atoms with Crippen LogP contribution in [-0.2, 0) is 11.8 Å². The first kappa shape index (κ1) is 10.6. The van der Waals surface area contributed by atoms with Gasteiger partial charge in [0.15, 0.2) is 0 Å². The minimum atomic E-state index is 0.170. The molecular weight excluding hydrogens is 204 g/mol. The fourth-order valence-electron chi connectivity index (χ4n) is 2.95. The molecule has 0 saturated carbocycles. The maximum absolute atomic E-state index is 2.35. The van der Waals surface area contributed by atoms with E-state index >= 15 is 0 Å². The summed E-state index contributed by atoms with van der Waals surface area (Å²) in [5.41, 5.74) is 4.57. The zero-order chi connectivity index (χ0) is 11.9. The van der Waals surface area contributed by atoms with Crippen LogP contribution in [0.1, 0.15) is 30.5 Å². The summed E-state index contributed by atoms with van der Waals surface area (Å²) in [6.45, 7) is 4.69. The van der Waals surface area contributed by atoms with Crippen LogP contribution in [0.15, 0.2) is 48.6 Å². The van der Waals surface area contributed by atoms with E-state index < -0.39 is 0 Å². The molecule has 2 aliphatic rings. The second-order valence-corrected chi connectivity index (χ2v) is 5.50. The summed E-state index contributed by atoms with van der Waals surface area (Å²) in [4.78, 5) is 0. The normalized spacial score (nSPS) is 18.0. The predicted octanol–water partition coefficient (Wildman–Crippen LogP) is 4.28. The zero-order valence-corrected chi connectivity index (χ0v) is 10.5. The quantitative estimate of drug-likeness (QED) is 0.700. The molecule has 0 N–H and O–H groups in total. The Morgan fingerprint density at radius 3 is 2.65 bits per heavy atom. The minimum Gasteiger partial charge on any atom is -0.0795 e. The second-order valence-electron chi connectivity index (χ2n) is 5.50. The van der Waals surface area contributed by atoms with Gasteiger partial charge in [0.1, 0.15) is 0 Å². The van der Waals surface area contributed by atoms with Crippen LogP contribution in [0, 0.1) is 5.92 Å². The third kappa shape index (κ3) is 1.59. The summed E-state index contributed by atoms with van der Waals surface area (Å²) in [7, 11) is 0. The molecule has 0 heteroatoms. The van der Waals surface area contributed by atoms with Crippen LogP contribution in [0.2, 0.25) is 0 Å². The Balaban J connectivity index is 2.09. The molecule has 0 aliphatic heterocycles. The van der Waals surface area contributed by atoms with Gasteiger partial charge < -0.3 is 0 Å². The molecule has 2 aliphatic carbocycles. The van der Waals surface area contributed by atoms with Gasteiger partial charge in [0.05, 0.1) is 0 Å². The lowest BCUT2D eigenvalue weighted by Gasteiger charge is -2.32. The van der Waals surface area contributed by atoms with Crippen molar-refractivity contribution in [2.24, 2.45) is 5.92 Å². The third-order valence-corrected chi connectivity index (χ3v) is 4.09. The molecule has 0 bridgehead atoms. The molecule has 0 radical (unpaired) electrons. The molecule has 86 valence electrons. The van der Waals surface area contributed by atoms with Crippen molar-refractivity contribution in [3.05, 3.63) is 65.3 Å². The predicted molar refractivity (Wildman–Crippen MR) is 74.0 cm³/mol. The third-order valence-electron chi connectivity index (χ3n) is 4.09. The van der Waals surface area contributed by atoms with Gasteiger partial charge in [-0.15, -0.1) is 0 Å². The first-order chi connectivity index (χ1) is 8.19. The Kier molecular flexibility index (Phi) is 2.32. The van der Waals surface area contributed by atoms with E-state index in [1.54, 1.807) is 0 Å². The zero-order valence-electron chi connectivity index (χ0n) is 10.5. The number of fused-ring (bicyclic) bond motifs is 1. The second kappa shape index (κ2) is 3.73. The van der Waals surface area contributed by atoms with Crippen molar-refractivity contribution in [1.29, 1.82) is 0 Å². The number of hydrogen-bond donors (Lipinski definition) is 0. The highest BCUT2D eigenvalue weighted by atomic mass is 14.3. The molecule has 1 aromatic carbocycles. The average Bonchev–Trinajstić information content (AvgIpc) is 2.99. The van der Waals surface area contributed by atoms with Crippen LogP contribution < -0.4 is 0 Å². The van der Waals surface area contributed by atoms with Crippen LogP contribution >= 0.6 is 0 Å². The monoisotopic (exact) mass is 222 g/mol. The lowest BCUT2D eigenvalue weighted by Crippen LogP contribution is -2.26. The molecule has 0 aromatic heterocycles. The number of hydrogen-bond acceptors (Lipinski definition) is 0. The Labute approximate surface area is 103 Å². The Bertz CT molecular complexity index is 515. The molecule has 3 rings (SSSR count). The smallest absolute Gasteiger partial charge is 0.00447 e. The summed E-state index contributed by atoms with van der Waals surface area (Å²) in [5.74, 6) is 0.517. The first-order valence-corrected chi connectivity index (χ1v) is 6.33. The van der Waals surface area contributed by atoms with Gasteiger partial charge in [-0.2, -0.15) is 0 Å². The van der Waals surface area contributed by atoms with Crippen LogP contribution in [0.4, 0.5) is 0 Å². The first-order valence-electron chi connectivity index (χ1n) is 6.33. The van der Waals surface area contributed by atoms with E-state index in [-0.39, 0.29) is 5.41 Å². The van der Waals surface area contributed by atoms with Crippen molar-refractivity contribution >= 4 is 6.08 Å². The molecule has 0 atom stereocenters. The molecule has 0 fully saturated rings. The summed E-state index contributed by atoms with van der Waals surface area (Å²) < 4.78 is 0. The number of rotatable bonds is 2. The fourth-order valence-corrected chi connectivity index (χ4v) is 2.95. The van der Waals surface area contributed by atoms with E-state index in [1.807, 2.05) is 0 Å². The Morgan fingerprint density at radius 1 is 1.12 bits per heavy atom.